The lowest BCUT2D eigenvalue weighted by atomic mass is 10.2. The van der Waals surface area contributed by atoms with E-state index in [-0.39, 0.29) is 5.56 Å². The minimum absolute atomic E-state index is 0.0294. The molecule has 2 rings (SSSR count). The molecule has 1 N–H and O–H groups in total. The normalized spacial score (nSPS) is 10.3. The number of pyridine rings is 1. The van der Waals surface area contributed by atoms with Crippen LogP contribution in [0, 0.1) is 12.7 Å². The first-order valence-electron chi connectivity index (χ1n) is 5.21. The first-order valence-corrected chi connectivity index (χ1v) is 5.21. The summed E-state index contributed by atoms with van der Waals surface area (Å²) in [5, 5.41) is 8.88. The molecule has 0 amide bonds. The average molecular weight is 247 g/mol. The Kier molecular flexibility index (Phi) is 2.97. The fourth-order valence-corrected chi connectivity index (χ4v) is 1.64. The molecule has 0 saturated carbocycles. The molecular weight excluding hydrogens is 237 g/mol. The summed E-state index contributed by atoms with van der Waals surface area (Å²) >= 11 is 0. The lowest BCUT2D eigenvalue weighted by molar-refractivity contribution is 0.0696. The van der Waals surface area contributed by atoms with Gasteiger partial charge in [-0.2, -0.15) is 0 Å². The molecule has 0 unspecified atom stereocenters. The zero-order valence-corrected chi connectivity index (χ0v) is 9.55. The lowest BCUT2D eigenvalue weighted by Crippen LogP contribution is -2.19. The molecule has 0 atom stereocenters. The van der Waals surface area contributed by atoms with Crippen LogP contribution in [0.4, 0.5) is 4.39 Å². The molecule has 0 aliphatic carbocycles. The third-order valence-corrected chi connectivity index (χ3v) is 2.59. The van der Waals surface area contributed by atoms with E-state index in [0.29, 0.717) is 11.3 Å². The Hall–Kier alpha value is -2.43. The highest BCUT2D eigenvalue weighted by molar-refractivity contribution is 5.87. The highest BCUT2D eigenvalue weighted by Gasteiger charge is 2.09. The summed E-state index contributed by atoms with van der Waals surface area (Å²) in [5.74, 6) is -1.62. The van der Waals surface area contributed by atoms with Crippen molar-refractivity contribution in [3.63, 3.8) is 0 Å². The van der Waals surface area contributed by atoms with E-state index in [1.807, 2.05) is 0 Å². The Morgan fingerprint density at radius 2 is 2.00 bits per heavy atom. The summed E-state index contributed by atoms with van der Waals surface area (Å²) in [7, 11) is 0. The quantitative estimate of drug-likeness (QED) is 0.882. The molecule has 0 radical (unpaired) electrons. The van der Waals surface area contributed by atoms with Gasteiger partial charge < -0.3 is 5.11 Å². The number of hydrogen-bond donors (Lipinski definition) is 1. The van der Waals surface area contributed by atoms with E-state index in [0.717, 1.165) is 10.6 Å². The highest BCUT2D eigenvalue weighted by Crippen LogP contribution is 2.14. The molecule has 1 heterocycles. The van der Waals surface area contributed by atoms with Gasteiger partial charge in [0.2, 0.25) is 0 Å². The van der Waals surface area contributed by atoms with Gasteiger partial charge in [0.05, 0.1) is 11.3 Å². The third kappa shape index (κ3) is 2.15. The summed E-state index contributed by atoms with van der Waals surface area (Å²) in [6.45, 7) is 1.72. The fraction of sp³-hybridized carbons (Fsp3) is 0.0769. The largest absolute Gasteiger partial charge is 0.478 e. The summed E-state index contributed by atoms with van der Waals surface area (Å²) in [6, 6.07) is 6.38. The number of aryl methyl sites for hydroxylation is 1. The standard InChI is InChI=1S/C13H10FNO3/c1-8-2-4-10(14)6-11(8)15-7-9(13(17)18)3-5-12(15)16/h2-7H,1H3,(H,17,18). The van der Waals surface area contributed by atoms with Gasteiger partial charge in [0.25, 0.3) is 5.56 Å². The summed E-state index contributed by atoms with van der Waals surface area (Å²) < 4.78 is 14.3. The lowest BCUT2D eigenvalue weighted by Gasteiger charge is -2.09. The van der Waals surface area contributed by atoms with E-state index >= 15 is 0 Å². The maximum absolute atomic E-state index is 13.2. The van der Waals surface area contributed by atoms with Crippen molar-refractivity contribution < 1.29 is 14.3 Å². The Labute approximate surface area is 102 Å². The van der Waals surface area contributed by atoms with Gasteiger partial charge in [0.15, 0.2) is 0 Å². The zero-order chi connectivity index (χ0) is 13.3. The molecule has 1 aromatic carbocycles. The molecule has 5 heteroatoms. The minimum Gasteiger partial charge on any atom is -0.478 e. The smallest absolute Gasteiger partial charge is 0.337 e. The number of aromatic nitrogens is 1. The summed E-state index contributed by atoms with van der Waals surface area (Å²) in [6.07, 6.45) is 1.19. The molecule has 2 aromatic rings. The van der Waals surface area contributed by atoms with E-state index in [2.05, 4.69) is 0 Å². The maximum atomic E-state index is 13.2. The predicted molar refractivity (Wildman–Crippen MR) is 63.7 cm³/mol. The van der Waals surface area contributed by atoms with Crippen LogP contribution in [0.15, 0.2) is 41.3 Å². The number of aromatic carboxylic acids is 1. The van der Waals surface area contributed by atoms with Gasteiger partial charge in [0.1, 0.15) is 5.82 Å². The Morgan fingerprint density at radius 1 is 1.28 bits per heavy atom. The number of carboxylic acid groups (broad SMARTS) is 1. The van der Waals surface area contributed by atoms with E-state index in [1.54, 1.807) is 6.92 Å². The monoisotopic (exact) mass is 247 g/mol. The number of carbonyl (C=O) groups is 1. The molecule has 0 bridgehead atoms. The van der Waals surface area contributed by atoms with Gasteiger partial charge in [-0.15, -0.1) is 0 Å². The van der Waals surface area contributed by atoms with Crippen molar-refractivity contribution in [1.29, 1.82) is 0 Å². The van der Waals surface area contributed by atoms with Crippen molar-refractivity contribution in [1.82, 2.24) is 4.57 Å². The second kappa shape index (κ2) is 4.44. The van der Waals surface area contributed by atoms with E-state index in [9.17, 15) is 14.0 Å². The predicted octanol–water partition coefficient (Wildman–Crippen LogP) is 1.98. The SMILES string of the molecule is Cc1ccc(F)cc1-n1cc(C(=O)O)ccc1=O. The van der Waals surface area contributed by atoms with E-state index in [4.69, 9.17) is 5.11 Å². The van der Waals surface area contributed by atoms with E-state index in [1.165, 1.54) is 30.5 Å². The van der Waals surface area contributed by atoms with Crippen molar-refractivity contribution in [3.05, 3.63) is 63.8 Å². The van der Waals surface area contributed by atoms with Gasteiger partial charge in [0, 0.05) is 12.3 Å². The topological polar surface area (TPSA) is 59.3 Å². The number of rotatable bonds is 2. The van der Waals surface area contributed by atoms with Gasteiger partial charge >= 0.3 is 5.97 Å². The van der Waals surface area contributed by atoms with Crippen LogP contribution in [-0.4, -0.2) is 15.6 Å². The second-order valence-electron chi connectivity index (χ2n) is 3.86. The number of nitrogens with zero attached hydrogens (tertiary/aromatic N) is 1. The van der Waals surface area contributed by atoms with Crippen molar-refractivity contribution in [3.8, 4) is 5.69 Å². The van der Waals surface area contributed by atoms with Gasteiger partial charge in [-0.1, -0.05) is 6.07 Å². The number of benzene rings is 1. The Balaban J connectivity index is 2.70. The molecule has 0 spiro atoms. The minimum atomic E-state index is -1.14. The molecule has 0 aliphatic heterocycles. The molecule has 1 aromatic heterocycles. The average Bonchev–Trinajstić information content (AvgIpc) is 2.33. The van der Waals surface area contributed by atoms with Gasteiger partial charge in [-0.25, -0.2) is 9.18 Å². The zero-order valence-electron chi connectivity index (χ0n) is 9.55. The molecule has 0 fully saturated rings. The van der Waals surface area contributed by atoms with Crippen LogP contribution >= 0.6 is 0 Å². The van der Waals surface area contributed by atoms with Crippen LogP contribution in [0.3, 0.4) is 0 Å². The third-order valence-electron chi connectivity index (χ3n) is 2.59. The van der Waals surface area contributed by atoms with Gasteiger partial charge in [-0.3, -0.25) is 9.36 Å². The van der Waals surface area contributed by atoms with Crippen LogP contribution in [0.2, 0.25) is 0 Å². The highest BCUT2D eigenvalue weighted by atomic mass is 19.1. The number of halogens is 1. The van der Waals surface area contributed by atoms with Crippen LogP contribution in [-0.2, 0) is 0 Å². The van der Waals surface area contributed by atoms with Crippen molar-refractivity contribution in [2.45, 2.75) is 6.92 Å². The maximum Gasteiger partial charge on any atom is 0.337 e. The van der Waals surface area contributed by atoms with Crippen LogP contribution in [0.5, 0.6) is 0 Å². The molecule has 4 nitrogen and oxygen atoms in total. The molecule has 92 valence electrons. The first-order chi connectivity index (χ1) is 8.49. The van der Waals surface area contributed by atoms with Crippen molar-refractivity contribution >= 4 is 5.97 Å². The van der Waals surface area contributed by atoms with Crippen LogP contribution < -0.4 is 5.56 Å². The Bertz CT molecular complexity index is 676. The van der Waals surface area contributed by atoms with Crippen molar-refractivity contribution in [2.75, 3.05) is 0 Å². The number of hydrogen-bond acceptors (Lipinski definition) is 2. The molecule has 0 aliphatic rings. The Morgan fingerprint density at radius 3 is 2.67 bits per heavy atom. The van der Waals surface area contributed by atoms with Crippen LogP contribution in [0.1, 0.15) is 15.9 Å². The van der Waals surface area contributed by atoms with Crippen LogP contribution in [0.25, 0.3) is 5.69 Å². The first kappa shape index (κ1) is 12.0. The molecule has 0 saturated heterocycles. The fourth-order valence-electron chi connectivity index (χ4n) is 1.64. The van der Waals surface area contributed by atoms with E-state index < -0.39 is 17.3 Å². The summed E-state index contributed by atoms with van der Waals surface area (Å²) in [4.78, 5) is 22.6. The summed E-state index contributed by atoms with van der Waals surface area (Å²) in [5.41, 5.74) is 0.580. The van der Waals surface area contributed by atoms with Gasteiger partial charge in [-0.05, 0) is 30.7 Å². The van der Waals surface area contributed by atoms with Crippen molar-refractivity contribution in [2.24, 2.45) is 0 Å². The molecule has 18 heavy (non-hydrogen) atoms. The molecular formula is C13H10FNO3. The number of carboxylic acids is 1. The second-order valence-corrected chi connectivity index (χ2v) is 3.86.